The highest BCUT2D eigenvalue weighted by Crippen LogP contribution is 1.86. The molecule has 0 unspecified atom stereocenters. The summed E-state index contributed by atoms with van der Waals surface area (Å²) in [4.78, 5) is 0. The van der Waals surface area contributed by atoms with Gasteiger partial charge in [0, 0.05) is 0 Å². The topological polar surface area (TPSA) is 57.9 Å². The second kappa shape index (κ2) is 2.08. The average molecular weight is 220 g/mol. The van der Waals surface area contributed by atoms with Gasteiger partial charge in [0.2, 0.25) is 10.0 Å². The molecule has 0 aromatic rings. The Labute approximate surface area is 50.1 Å². The summed E-state index contributed by atoms with van der Waals surface area (Å²) in [6.07, 6.45) is 0. The second-order valence-corrected chi connectivity index (χ2v) is 4.04. The Balaban J connectivity index is 3.85. The van der Waals surface area contributed by atoms with Gasteiger partial charge in [-0.25, -0.2) is 8.42 Å². The maximum absolute atomic E-state index is 9.66. The fourth-order valence-corrected chi connectivity index (χ4v) is 0. The molecule has 5 heteroatoms. The number of halogens is 1. The molecule has 0 aromatic carbocycles. The molecule has 0 heterocycles. The summed E-state index contributed by atoms with van der Waals surface area (Å²) in [5.74, 6) is 0. The molecule has 0 aromatic heterocycles. The first-order valence-electron chi connectivity index (χ1n) is 1.09. The standard InChI is InChI=1S/CH3INO2S/c2-1-6(3,4)5/h3H,1H2. The molecule has 0 fully saturated rings. The molecule has 0 spiro atoms. The van der Waals surface area contributed by atoms with Crippen LogP contribution in [-0.2, 0) is 10.0 Å². The van der Waals surface area contributed by atoms with E-state index < -0.39 is 10.0 Å². The zero-order chi connectivity index (χ0) is 5.21. The smallest absolute Gasteiger partial charge is 0.210 e. The van der Waals surface area contributed by atoms with E-state index in [1.807, 2.05) is 0 Å². The van der Waals surface area contributed by atoms with E-state index >= 15 is 0 Å². The molecule has 0 bridgehead atoms. The first kappa shape index (κ1) is 6.64. The highest BCUT2D eigenvalue weighted by molar-refractivity contribution is 14.1. The van der Waals surface area contributed by atoms with Crippen LogP contribution in [0.4, 0.5) is 0 Å². The van der Waals surface area contributed by atoms with Crippen LogP contribution in [0, 0.1) is 0 Å². The van der Waals surface area contributed by atoms with Crippen molar-refractivity contribution in [3.05, 3.63) is 0 Å². The van der Waals surface area contributed by atoms with Gasteiger partial charge in [-0.05, 0) is 0 Å². The molecule has 0 rings (SSSR count). The minimum absolute atomic E-state index is 0.120. The van der Waals surface area contributed by atoms with Crippen LogP contribution < -0.4 is 5.14 Å². The van der Waals surface area contributed by atoms with E-state index in [9.17, 15) is 8.42 Å². The van der Waals surface area contributed by atoms with Crippen LogP contribution in [0.15, 0.2) is 0 Å². The first-order chi connectivity index (χ1) is 2.56. The number of nitrogens with one attached hydrogen (secondary N) is 1. The van der Waals surface area contributed by atoms with Crippen molar-refractivity contribution < 1.29 is 8.42 Å². The van der Waals surface area contributed by atoms with Gasteiger partial charge in [-0.3, -0.25) is 0 Å². The molecule has 0 saturated carbocycles. The molecule has 0 aliphatic carbocycles. The zero-order valence-corrected chi connectivity index (χ0v) is 5.78. The quantitative estimate of drug-likeness (QED) is 0.461. The average Bonchev–Trinajstić information content (AvgIpc) is 1.35. The SMILES string of the molecule is [NH]S(=O)(=O)CI. The van der Waals surface area contributed by atoms with Gasteiger partial charge in [-0.1, -0.05) is 22.6 Å². The highest BCUT2D eigenvalue weighted by atomic mass is 127. The van der Waals surface area contributed by atoms with Crippen molar-refractivity contribution in [2.24, 2.45) is 0 Å². The Kier molecular flexibility index (Phi) is 2.30. The number of hydrogen-bond donors (Lipinski definition) is 0. The summed E-state index contributed by atoms with van der Waals surface area (Å²) in [6.45, 7) is 0. The van der Waals surface area contributed by atoms with Gasteiger partial charge >= 0.3 is 0 Å². The van der Waals surface area contributed by atoms with Gasteiger partial charge in [0.1, 0.15) is 3.76 Å². The predicted molar refractivity (Wildman–Crippen MR) is 30.9 cm³/mol. The molecule has 0 saturated heterocycles. The van der Waals surface area contributed by atoms with E-state index in [1.165, 1.54) is 0 Å². The van der Waals surface area contributed by atoms with Crippen LogP contribution in [0.5, 0.6) is 0 Å². The van der Waals surface area contributed by atoms with Crippen molar-refractivity contribution in [2.45, 2.75) is 0 Å². The van der Waals surface area contributed by atoms with E-state index in [2.05, 4.69) is 0 Å². The van der Waals surface area contributed by atoms with E-state index in [0.717, 1.165) is 0 Å². The van der Waals surface area contributed by atoms with E-state index in [4.69, 9.17) is 5.14 Å². The predicted octanol–water partition coefficient (Wildman–Crippen LogP) is -0.00840. The maximum atomic E-state index is 9.66. The first-order valence-corrected chi connectivity index (χ1v) is 4.27. The van der Waals surface area contributed by atoms with Crippen LogP contribution in [0.3, 0.4) is 0 Å². The van der Waals surface area contributed by atoms with Gasteiger partial charge in [-0.2, -0.15) is 0 Å². The summed E-state index contributed by atoms with van der Waals surface area (Å²) in [5.41, 5.74) is 0. The number of rotatable bonds is 1. The molecule has 1 radical (unpaired) electrons. The molecule has 3 nitrogen and oxygen atoms in total. The fraction of sp³-hybridized carbons (Fsp3) is 1.00. The van der Waals surface area contributed by atoms with Crippen molar-refractivity contribution in [1.82, 2.24) is 5.14 Å². The Morgan fingerprint density at radius 2 is 1.83 bits per heavy atom. The van der Waals surface area contributed by atoms with Crippen molar-refractivity contribution in [3.63, 3.8) is 0 Å². The molecular formula is CH3INO2S. The Bertz CT molecular complexity index is 116. The highest BCUT2D eigenvalue weighted by Gasteiger charge is 1.94. The number of hydrogen-bond acceptors (Lipinski definition) is 2. The van der Waals surface area contributed by atoms with Crippen LogP contribution in [-0.4, -0.2) is 12.2 Å². The van der Waals surface area contributed by atoms with E-state index in [-0.39, 0.29) is 3.76 Å². The maximum Gasteiger partial charge on any atom is 0.234 e. The minimum atomic E-state index is -3.43. The van der Waals surface area contributed by atoms with Crippen LogP contribution in [0.2, 0.25) is 0 Å². The third-order valence-electron chi connectivity index (χ3n) is 0.144. The summed E-state index contributed by atoms with van der Waals surface area (Å²) in [7, 11) is -3.43. The zero-order valence-electron chi connectivity index (χ0n) is 2.81. The Hall–Kier alpha value is 0.640. The van der Waals surface area contributed by atoms with Gasteiger partial charge in [0.25, 0.3) is 0 Å². The third kappa shape index (κ3) is 4.64. The molecule has 1 N–H and O–H groups in total. The third-order valence-corrected chi connectivity index (χ3v) is 2.89. The molecule has 0 atom stereocenters. The van der Waals surface area contributed by atoms with Crippen molar-refractivity contribution in [1.29, 1.82) is 0 Å². The second-order valence-electron chi connectivity index (χ2n) is 0.724. The summed E-state index contributed by atoms with van der Waals surface area (Å²) < 4.78 is 19.2. The summed E-state index contributed by atoms with van der Waals surface area (Å²) >= 11 is 1.62. The molecular weight excluding hydrogens is 217 g/mol. The molecule has 0 aliphatic heterocycles. The monoisotopic (exact) mass is 220 g/mol. The van der Waals surface area contributed by atoms with Gasteiger partial charge in [-0.15, -0.1) is 5.14 Å². The lowest BCUT2D eigenvalue weighted by Crippen LogP contribution is -1.98. The van der Waals surface area contributed by atoms with Gasteiger partial charge < -0.3 is 0 Å². The largest absolute Gasteiger partial charge is 0.234 e. The molecule has 0 aliphatic rings. The normalized spacial score (nSPS) is 11.7. The Morgan fingerprint density at radius 1 is 1.67 bits per heavy atom. The van der Waals surface area contributed by atoms with E-state index in [0.29, 0.717) is 0 Å². The van der Waals surface area contributed by atoms with Crippen LogP contribution in [0.1, 0.15) is 0 Å². The van der Waals surface area contributed by atoms with Crippen LogP contribution >= 0.6 is 22.6 Å². The molecule has 0 amide bonds. The van der Waals surface area contributed by atoms with Crippen molar-refractivity contribution in [3.8, 4) is 0 Å². The molecule has 6 heavy (non-hydrogen) atoms. The van der Waals surface area contributed by atoms with Crippen molar-refractivity contribution in [2.75, 3.05) is 3.76 Å². The number of sulfonamides is 1. The summed E-state index contributed by atoms with van der Waals surface area (Å²) in [6, 6.07) is 0. The number of alkyl halides is 1. The lowest BCUT2D eigenvalue weighted by molar-refractivity contribution is 0.601. The molecule has 37 valence electrons. The Morgan fingerprint density at radius 3 is 1.83 bits per heavy atom. The van der Waals surface area contributed by atoms with E-state index in [1.54, 1.807) is 22.6 Å². The van der Waals surface area contributed by atoms with Crippen molar-refractivity contribution >= 4 is 32.6 Å². The lowest BCUT2D eigenvalue weighted by atomic mass is 12.0. The van der Waals surface area contributed by atoms with Gasteiger partial charge in [0.05, 0.1) is 0 Å². The fourth-order valence-electron chi connectivity index (χ4n) is 0. The summed E-state index contributed by atoms with van der Waals surface area (Å²) in [5, 5.41) is 6.15. The van der Waals surface area contributed by atoms with Gasteiger partial charge in [0.15, 0.2) is 0 Å². The minimum Gasteiger partial charge on any atom is -0.210 e. The van der Waals surface area contributed by atoms with Crippen LogP contribution in [0.25, 0.3) is 0 Å². The lowest BCUT2D eigenvalue weighted by Gasteiger charge is -1.78.